The topological polar surface area (TPSA) is 40.5 Å². The normalized spacial score (nSPS) is 14.6. The first kappa shape index (κ1) is 27.5. The van der Waals surface area contributed by atoms with E-state index in [-0.39, 0.29) is 5.41 Å². The first-order valence-electron chi connectivity index (χ1n) is 14.5. The molecule has 2 N–H and O–H groups in total. The quantitative estimate of drug-likeness (QED) is 0.223. The Kier molecular flexibility index (Phi) is 7.98. The molecule has 4 aromatic rings. The van der Waals surface area contributed by atoms with Crippen LogP contribution in [0.3, 0.4) is 0 Å². The highest BCUT2D eigenvalue weighted by Gasteiger charge is 2.41. The Morgan fingerprint density at radius 1 is 0.650 bits per heavy atom. The summed E-state index contributed by atoms with van der Waals surface area (Å²) in [7, 11) is 0. The minimum Gasteiger partial charge on any atom is -0.507 e. The Labute approximate surface area is 239 Å². The van der Waals surface area contributed by atoms with Crippen molar-refractivity contribution in [2.24, 2.45) is 0 Å². The van der Waals surface area contributed by atoms with E-state index in [0.29, 0.717) is 24.3 Å². The molecular weight excluding hydrogens is 488 g/mol. The second-order valence-corrected chi connectivity index (χ2v) is 11.2. The molecule has 40 heavy (non-hydrogen) atoms. The minimum atomic E-state index is -0.294. The van der Waals surface area contributed by atoms with E-state index in [4.69, 9.17) is 0 Å². The highest BCUT2D eigenvalue weighted by atomic mass is 16.3. The smallest absolute Gasteiger partial charge is 0.122 e. The average molecular weight is 529 g/mol. The van der Waals surface area contributed by atoms with Crippen molar-refractivity contribution in [3.05, 3.63) is 131 Å². The highest BCUT2D eigenvalue weighted by Crippen LogP contribution is 2.54. The fourth-order valence-electron chi connectivity index (χ4n) is 6.90. The molecule has 204 valence electrons. The molecule has 0 spiro atoms. The number of hydrogen-bond donors (Lipinski definition) is 2. The first-order chi connectivity index (χ1) is 19.4. The molecular formula is C38H40O2. The number of allylic oxidation sites excluding steroid dienone is 2. The fourth-order valence-corrected chi connectivity index (χ4v) is 6.90. The Hall–Kier alpha value is -4.04. The molecule has 0 aliphatic heterocycles. The molecule has 0 unspecified atom stereocenters. The van der Waals surface area contributed by atoms with E-state index in [0.717, 1.165) is 70.2 Å². The van der Waals surface area contributed by atoms with E-state index in [1.165, 1.54) is 17.5 Å². The Morgan fingerprint density at radius 3 is 1.43 bits per heavy atom. The molecule has 0 atom stereocenters. The maximum Gasteiger partial charge on any atom is 0.122 e. The van der Waals surface area contributed by atoms with Gasteiger partial charge < -0.3 is 10.2 Å². The summed E-state index contributed by atoms with van der Waals surface area (Å²) in [6, 6.07) is 25.5. The van der Waals surface area contributed by atoms with Crippen molar-refractivity contribution in [2.75, 3.05) is 0 Å². The molecule has 5 rings (SSSR count). The van der Waals surface area contributed by atoms with E-state index in [1.54, 1.807) is 0 Å². The van der Waals surface area contributed by atoms with Crippen LogP contribution < -0.4 is 0 Å². The molecule has 4 aromatic carbocycles. The average Bonchev–Trinajstić information content (AvgIpc) is 2.99. The van der Waals surface area contributed by atoms with Crippen LogP contribution in [0.5, 0.6) is 11.5 Å². The molecule has 0 bridgehead atoms. The first-order valence-corrected chi connectivity index (χ1v) is 14.5. The summed E-state index contributed by atoms with van der Waals surface area (Å²) < 4.78 is 0. The molecule has 0 aromatic heterocycles. The van der Waals surface area contributed by atoms with Gasteiger partial charge in [0.05, 0.1) is 0 Å². The van der Waals surface area contributed by atoms with E-state index < -0.39 is 0 Å². The van der Waals surface area contributed by atoms with Crippen LogP contribution in [0.2, 0.25) is 0 Å². The van der Waals surface area contributed by atoms with Crippen LogP contribution in [0.25, 0.3) is 22.3 Å². The number of aryl methyl sites for hydroxylation is 2. The van der Waals surface area contributed by atoms with Crippen molar-refractivity contribution >= 4 is 0 Å². The number of aromatic hydroxyl groups is 2. The van der Waals surface area contributed by atoms with E-state index in [1.807, 2.05) is 38.1 Å². The standard InChI is InChI=1S/C38H40O2/c1-5-16-30-34(28-18-10-7-11-19-28)32(24-26(3)36(30)39)38(22-14-9-15-23-38)33-25-27(4)37(40)31(17-6-2)35(33)29-20-12-8-13-21-29/h5-8,10-13,18-21,24-25,39-40H,1-2,9,14-17,22-23H2,3-4H3. The van der Waals surface area contributed by atoms with Gasteiger partial charge in [-0.25, -0.2) is 0 Å². The second-order valence-electron chi connectivity index (χ2n) is 11.2. The lowest BCUT2D eigenvalue weighted by Crippen LogP contribution is -2.33. The summed E-state index contributed by atoms with van der Waals surface area (Å²) in [6.07, 6.45) is 10.4. The van der Waals surface area contributed by atoms with Gasteiger partial charge in [0, 0.05) is 16.5 Å². The lowest BCUT2D eigenvalue weighted by Gasteiger charge is -2.43. The van der Waals surface area contributed by atoms with Gasteiger partial charge in [-0.2, -0.15) is 0 Å². The Morgan fingerprint density at radius 2 is 1.05 bits per heavy atom. The zero-order valence-corrected chi connectivity index (χ0v) is 23.8. The number of benzene rings is 4. The van der Waals surface area contributed by atoms with Gasteiger partial charge in [0.1, 0.15) is 11.5 Å². The van der Waals surface area contributed by atoms with Crippen LogP contribution >= 0.6 is 0 Å². The van der Waals surface area contributed by atoms with Crippen molar-refractivity contribution in [2.45, 2.75) is 64.2 Å². The lowest BCUT2D eigenvalue weighted by molar-refractivity contribution is 0.346. The molecule has 0 saturated heterocycles. The molecule has 0 amide bonds. The third-order valence-electron chi connectivity index (χ3n) is 8.74. The molecule has 1 saturated carbocycles. The lowest BCUT2D eigenvalue weighted by atomic mass is 9.61. The zero-order valence-electron chi connectivity index (χ0n) is 23.8. The molecule has 0 heterocycles. The number of hydrogen-bond acceptors (Lipinski definition) is 2. The van der Waals surface area contributed by atoms with Crippen molar-refractivity contribution in [3.8, 4) is 33.8 Å². The van der Waals surface area contributed by atoms with Gasteiger partial charge in [-0.1, -0.05) is 104 Å². The predicted molar refractivity (Wildman–Crippen MR) is 168 cm³/mol. The minimum absolute atomic E-state index is 0.294. The van der Waals surface area contributed by atoms with Crippen LogP contribution in [0, 0.1) is 13.8 Å². The number of phenols is 2. The van der Waals surface area contributed by atoms with Crippen LogP contribution in [0.4, 0.5) is 0 Å². The van der Waals surface area contributed by atoms with E-state index in [9.17, 15) is 10.2 Å². The summed E-state index contributed by atoms with van der Waals surface area (Å²) in [5.74, 6) is 0.706. The molecule has 1 aliphatic rings. The summed E-state index contributed by atoms with van der Waals surface area (Å²) in [5.41, 5.74) is 10.3. The monoisotopic (exact) mass is 528 g/mol. The maximum atomic E-state index is 11.4. The summed E-state index contributed by atoms with van der Waals surface area (Å²) >= 11 is 0. The molecule has 2 nitrogen and oxygen atoms in total. The van der Waals surface area contributed by atoms with Crippen molar-refractivity contribution in [1.82, 2.24) is 0 Å². The molecule has 2 heteroatoms. The van der Waals surface area contributed by atoms with Gasteiger partial charge in [0.25, 0.3) is 0 Å². The van der Waals surface area contributed by atoms with Crippen LogP contribution in [-0.2, 0) is 18.3 Å². The third-order valence-corrected chi connectivity index (χ3v) is 8.74. The van der Waals surface area contributed by atoms with Gasteiger partial charge in [0.15, 0.2) is 0 Å². The fraction of sp³-hybridized carbons (Fsp3) is 0.263. The van der Waals surface area contributed by atoms with Crippen LogP contribution in [0.1, 0.15) is 65.5 Å². The van der Waals surface area contributed by atoms with Gasteiger partial charge in [-0.3, -0.25) is 0 Å². The van der Waals surface area contributed by atoms with Crippen LogP contribution in [0.15, 0.2) is 98.1 Å². The van der Waals surface area contributed by atoms with E-state index in [2.05, 4.69) is 73.8 Å². The van der Waals surface area contributed by atoms with Gasteiger partial charge >= 0.3 is 0 Å². The van der Waals surface area contributed by atoms with Gasteiger partial charge in [0.2, 0.25) is 0 Å². The molecule has 0 radical (unpaired) electrons. The summed E-state index contributed by atoms with van der Waals surface area (Å²) in [4.78, 5) is 0. The van der Waals surface area contributed by atoms with Crippen molar-refractivity contribution in [1.29, 1.82) is 0 Å². The Balaban J connectivity index is 1.95. The Bertz CT molecular complexity index is 1410. The number of phenolic OH excluding ortho intramolecular Hbond substituents is 2. The van der Waals surface area contributed by atoms with Gasteiger partial charge in [-0.05, 0) is 84.0 Å². The zero-order chi connectivity index (χ0) is 28.3. The number of rotatable bonds is 8. The SMILES string of the molecule is C=CCc1c(O)c(C)cc(C2(c3cc(C)c(O)c(CC=C)c3-c3ccccc3)CCCCC2)c1-c1ccccc1. The summed E-state index contributed by atoms with van der Waals surface area (Å²) in [6.45, 7) is 12.1. The largest absolute Gasteiger partial charge is 0.507 e. The molecule has 1 fully saturated rings. The van der Waals surface area contributed by atoms with E-state index >= 15 is 0 Å². The van der Waals surface area contributed by atoms with Crippen molar-refractivity contribution < 1.29 is 10.2 Å². The maximum absolute atomic E-state index is 11.4. The second kappa shape index (κ2) is 11.6. The predicted octanol–water partition coefficient (Wildman–Crippen LogP) is 9.76. The highest BCUT2D eigenvalue weighted by molar-refractivity contribution is 5.82. The van der Waals surface area contributed by atoms with Crippen LogP contribution in [-0.4, -0.2) is 10.2 Å². The van der Waals surface area contributed by atoms with Crippen molar-refractivity contribution in [3.63, 3.8) is 0 Å². The molecule has 1 aliphatic carbocycles. The summed E-state index contributed by atoms with van der Waals surface area (Å²) in [5, 5.41) is 22.8. The third kappa shape index (κ3) is 4.77. The van der Waals surface area contributed by atoms with Gasteiger partial charge in [-0.15, -0.1) is 13.2 Å².